The molecule has 0 radical (unpaired) electrons. The molecule has 0 spiro atoms. The first-order valence-electron chi connectivity index (χ1n) is 7.48. The predicted octanol–water partition coefficient (Wildman–Crippen LogP) is 4.52. The number of halogens is 1. The highest BCUT2D eigenvalue weighted by Gasteiger charge is 2.12. The smallest absolute Gasteiger partial charge is 0.278 e. The third-order valence-corrected chi connectivity index (χ3v) is 4.56. The summed E-state index contributed by atoms with van der Waals surface area (Å²) < 4.78 is 5.28. The highest BCUT2D eigenvalue weighted by atomic mass is 35.5. The third kappa shape index (κ3) is 3.67. The van der Waals surface area contributed by atoms with Crippen LogP contribution in [-0.2, 0) is 6.54 Å². The monoisotopic (exact) mass is 369 g/mol. The molecule has 0 aliphatic carbocycles. The normalized spacial score (nSPS) is 10.8. The van der Waals surface area contributed by atoms with Crippen molar-refractivity contribution >= 4 is 28.8 Å². The maximum Gasteiger partial charge on any atom is 0.278 e. The molecule has 0 aliphatic heterocycles. The lowest BCUT2D eigenvalue weighted by Gasteiger charge is -2.02. The van der Waals surface area contributed by atoms with Crippen molar-refractivity contribution in [3.05, 3.63) is 63.8 Å². The van der Waals surface area contributed by atoms with E-state index in [-0.39, 0.29) is 0 Å². The molecule has 124 valence electrons. The molecule has 0 saturated heterocycles. The Morgan fingerprint density at radius 2 is 1.92 bits per heavy atom. The molecule has 0 amide bonds. The molecular formula is C17H12ClN5OS. The molecule has 6 nitrogen and oxygen atoms in total. The summed E-state index contributed by atoms with van der Waals surface area (Å²) >= 11 is 7.58. The first-order chi connectivity index (χ1) is 12.3. The van der Waals surface area contributed by atoms with Crippen LogP contribution in [0.3, 0.4) is 0 Å². The second-order valence-corrected chi connectivity index (χ2v) is 6.64. The number of thiophene rings is 1. The highest BCUT2D eigenvalue weighted by molar-refractivity contribution is 7.09. The van der Waals surface area contributed by atoms with Gasteiger partial charge in [-0.15, -0.1) is 21.5 Å². The maximum atomic E-state index is 5.89. The van der Waals surface area contributed by atoms with Gasteiger partial charge in [0.1, 0.15) is 5.82 Å². The Labute approximate surface area is 152 Å². The molecule has 1 aromatic carbocycles. The van der Waals surface area contributed by atoms with Crippen LogP contribution in [0.25, 0.3) is 23.0 Å². The van der Waals surface area contributed by atoms with Crippen molar-refractivity contribution in [2.45, 2.75) is 6.54 Å². The molecule has 0 fully saturated rings. The Kier molecular flexibility index (Phi) is 4.41. The topological polar surface area (TPSA) is 76.7 Å². The van der Waals surface area contributed by atoms with Crippen LogP contribution >= 0.6 is 22.9 Å². The molecule has 0 unspecified atom stereocenters. The zero-order valence-electron chi connectivity index (χ0n) is 12.9. The number of benzene rings is 1. The summed E-state index contributed by atoms with van der Waals surface area (Å²) in [6.45, 7) is 0.715. The summed E-state index contributed by atoms with van der Waals surface area (Å²) in [6, 6.07) is 14.9. The average Bonchev–Trinajstić information content (AvgIpc) is 3.33. The number of anilines is 1. The lowest BCUT2D eigenvalue weighted by molar-refractivity contribution is 0.430. The van der Waals surface area contributed by atoms with Crippen LogP contribution in [0.5, 0.6) is 0 Å². The van der Waals surface area contributed by atoms with Gasteiger partial charge in [-0.3, -0.25) is 0 Å². The fourth-order valence-electron chi connectivity index (χ4n) is 2.18. The average molecular weight is 370 g/mol. The van der Waals surface area contributed by atoms with E-state index < -0.39 is 0 Å². The molecule has 0 bridgehead atoms. The first kappa shape index (κ1) is 15.7. The van der Waals surface area contributed by atoms with Crippen molar-refractivity contribution in [3.8, 4) is 23.0 Å². The lowest BCUT2D eigenvalue weighted by Crippen LogP contribution is -2.01. The third-order valence-electron chi connectivity index (χ3n) is 3.44. The van der Waals surface area contributed by atoms with E-state index in [0.29, 0.717) is 34.8 Å². The van der Waals surface area contributed by atoms with Crippen molar-refractivity contribution in [2.75, 3.05) is 5.32 Å². The van der Waals surface area contributed by atoms with E-state index >= 15 is 0 Å². The summed E-state index contributed by atoms with van der Waals surface area (Å²) in [7, 11) is 0. The van der Waals surface area contributed by atoms with Gasteiger partial charge >= 0.3 is 0 Å². The van der Waals surface area contributed by atoms with Gasteiger partial charge < -0.3 is 9.84 Å². The van der Waals surface area contributed by atoms with E-state index in [4.69, 9.17) is 16.1 Å². The highest BCUT2D eigenvalue weighted by Crippen LogP contribution is 2.22. The van der Waals surface area contributed by atoms with Crippen molar-refractivity contribution in [2.24, 2.45) is 0 Å². The second-order valence-electron chi connectivity index (χ2n) is 5.17. The minimum Gasteiger partial charge on any atom is -0.364 e. The molecule has 0 atom stereocenters. The molecule has 8 heteroatoms. The zero-order chi connectivity index (χ0) is 17.1. The lowest BCUT2D eigenvalue weighted by atomic mass is 10.2. The molecule has 4 aromatic rings. The van der Waals surface area contributed by atoms with Crippen molar-refractivity contribution in [3.63, 3.8) is 0 Å². The molecule has 3 heterocycles. The van der Waals surface area contributed by atoms with E-state index in [1.54, 1.807) is 29.5 Å². The van der Waals surface area contributed by atoms with Gasteiger partial charge in [-0.1, -0.05) is 22.8 Å². The zero-order valence-corrected chi connectivity index (χ0v) is 14.5. The van der Waals surface area contributed by atoms with Crippen molar-refractivity contribution in [1.82, 2.24) is 20.3 Å². The second kappa shape index (κ2) is 7.00. The summed E-state index contributed by atoms with van der Waals surface area (Å²) in [5.41, 5.74) is 1.34. The Balaban J connectivity index is 1.47. The first-order valence-corrected chi connectivity index (χ1v) is 8.74. The van der Waals surface area contributed by atoms with E-state index in [2.05, 4.69) is 31.7 Å². The van der Waals surface area contributed by atoms with E-state index in [1.807, 2.05) is 29.6 Å². The molecule has 0 saturated carbocycles. The van der Waals surface area contributed by atoms with Crippen molar-refractivity contribution in [1.29, 1.82) is 0 Å². The Morgan fingerprint density at radius 1 is 1.04 bits per heavy atom. The number of hydrogen-bond donors (Lipinski definition) is 1. The number of aromatic nitrogens is 4. The number of hydrogen-bond acceptors (Lipinski definition) is 7. The van der Waals surface area contributed by atoms with Gasteiger partial charge in [0.15, 0.2) is 5.69 Å². The summed E-state index contributed by atoms with van der Waals surface area (Å²) in [4.78, 5) is 5.59. The van der Waals surface area contributed by atoms with Gasteiger partial charge in [0.05, 0.1) is 6.54 Å². The minimum absolute atomic E-state index is 0.322. The van der Waals surface area contributed by atoms with E-state index in [0.717, 1.165) is 5.56 Å². The van der Waals surface area contributed by atoms with Gasteiger partial charge in [-0.05, 0) is 47.8 Å². The van der Waals surface area contributed by atoms with Crippen LogP contribution in [-0.4, -0.2) is 20.3 Å². The van der Waals surface area contributed by atoms with Crippen LogP contribution < -0.4 is 5.32 Å². The van der Waals surface area contributed by atoms with Gasteiger partial charge in [0.2, 0.25) is 5.82 Å². The molecule has 4 rings (SSSR count). The standard InChI is InChI=1S/C17H12ClN5OS/c18-12-5-3-11(4-6-12)16-20-17(24-23-16)14-7-8-15(22-21-14)19-10-13-2-1-9-25-13/h1-9H,10H2,(H,19,22). The Hall–Kier alpha value is -2.77. The maximum absolute atomic E-state index is 5.89. The van der Waals surface area contributed by atoms with Crippen LogP contribution in [0.15, 0.2) is 58.4 Å². The minimum atomic E-state index is 0.322. The molecule has 0 aliphatic rings. The quantitative estimate of drug-likeness (QED) is 0.557. The van der Waals surface area contributed by atoms with E-state index in [1.165, 1.54) is 4.88 Å². The van der Waals surface area contributed by atoms with Gasteiger partial charge in [-0.2, -0.15) is 4.98 Å². The number of nitrogens with zero attached hydrogens (tertiary/aromatic N) is 4. The number of nitrogens with one attached hydrogen (secondary N) is 1. The fraction of sp³-hybridized carbons (Fsp3) is 0.0588. The number of rotatable bonds is 5. The predicted molar refractivity (Wildman–Crippen MR) is 97.4 cm³/mol. The van der Waals surface area contributed by atoms with Crippen molar-refractivity contribution < 1.29 is 4.52 Å². The van der Waals surface area contributed by atoms with Crippen LogP contribution in [0.1, 0.15) is 4.88 Å². The molecule has 3 aromatic heterocycles. The van der Waals surface area contributed by atoms with Crippen LogP contribution in [0, 0.1) is 0 Å². The molecular weight excluding hydrogens is 358 g/mol. The fourth-order valence-corrected chi connectivity index (χ4v) is 2.95. The SMILES string of the molecule is Clc1ccc(-c2noc(-c3ccc(NCc4cccs4)nn3)n2)cc1. The molecule has 25 heavy (non-hydrogen) atoms. The molecule has 1 N–H and O–H groups in total. The summed E-state index contributed by atoms with van der Waals surface area (Å²) in [5, 5.41) is 18.2. The van der Waals surface area contributed by atoms with Gasteiger partial charge in [-0.25, -0.2) is 0 Å². The van der Waals surface area contributed by atoms with Gasteiger partial charge in [0.25, 0.3) is 5.89 Å². The van der Waals surface area contributed by atoms with Crippen LogP contribution in [0.4, 0.5) is 5.82 Å². The summed E-state index contributed by atoms with van der Waals surface area (Å²) in [6.07, 6.45) is 0. The summed E-state index contributed by atoms with van der Waals surface area (Å²) in [5.74, 6) is 1.49. The van der Waals surface area contributed by atoms with E-state index in [9.17, 15) is 0 Å². The van der Waals surface area contributed by atoms with Crippen LogP contribution in [0.2, 0.25) is 5.02 Å². The van der Waals surface area contributed by atoms with Gasteiger partial charge in [0, 0.05) is 15.5 Å². The Morgan fingerprint density at radius 3 is 2.64 bits per heavy atom. The Bertz CT molecular complexity index is 952. The largest absolute Gasteiger partial charge is 0.364 e.